The Hall–Kier alpha value is -3.26. The molecule has 2 N–H and O–H groups in total. The number of amides is 1. The van der Waals surface area contributed by atoms with Crippen molar-refractivity contribution >= 4 is 28.3 Å². The summed E-state index contributed by atoms with van der Waals surface area (Å²) in [5.74, 6) is -1.91. The molecule has 0 aliphatic heterocycles. The Morgan fingerprint density at radius 3 is 2.67 bits per heavy atom. The molecule has 6 nitrogen and oxygen atoms in total. The molecule has 0 unspecified atom stereocenters. The van der Waals surface area contributed by atoms with Crippen molar-refractivity contribution in [3.8, 4) is 17.0 Å². The van der Waals surface area contributed by atoms with E-state index in [1.807, 2.05) is 0 Å². The largest absolute Gasteiger partial charge is 0.507 e. The van der Waals surface area contributed by atoms with E-state index < -0.39 is 18.5 Å². The van der Waals surface area contributed by atoms with Gasteiger partial charge in [-0.05, 0) is 48.9 Å². The van der Waals surface area contributed by atoms with Crippen LogP contribution in [0.2, 0.25) is 0 Å². The summed E-state index contributed by atoms with van der Waals surface area (Å²) in [6, 6.07) is 10.4. The number of esters is 1. The lowest BCUT2D eigenvalue weighted by atomic mass is 10.1. The Kier molecular flexibility index (Phi) is 5.46. The third-order valence-corrected chi connectivity index (χ3v) is 4.36. The lowest BCUT2D eigenvalue weighted by Crippen LogP contribution is -2.20. The average Bonchev–Trinajstić information content (AvgIpc) is 3.08. The zero-order valence-electron chi connectivity index (χ0n) is 14.2. The SMILES string of the molecule is Cc1ccc(C(=O)OCC(=O)Nc2nc(-c3ccc(F)cc3)cs2)c(O)c1. The van der Waals surface area contributed by atoms with Gasteiger partial charge >= 0.3 is 5.97 Å². The summed E-state index contributed by atoms with van der Waals surface area (Å²) in [4.78, 5) is 28.1. The molecule has 2 aromatic carbocycles. The first kappa shape index (κ1) is 18.5. The first-order valence-electron chi connectivity index (χ1n) is 7.90. The number of rotatable bonds is 5. The summed E-state index contributed by atoms with van der Waals surface area (Å²) in [6.07, 6.45) is 0. The summed E-state index contributed by atoms with van der Waals surface area (Å²) in [6.45, 7) is 1.26. The molecule has 3 rings (SSSR count). The second-order valence-corrected chi connectivity index (χ2v) is 6.55. The number of hydrogen-bond donors (Lipinski definition) is 2. The number of aromatic nitrogens is 1. The van der Waals surface area contributed by atoms with Crippen LogP contribution in [0, 0.1) is 12.7 Å². The maximum atomic E-state index is 13.0. The Morgan fingerprint density at radius 2 is 1.96 bits per heavy atom. The van der Waals surface area contributed by atoms with E-state index in [0.717, 1.165) is 11.1 Å². The third-order valence-electron chi connectivity index (χ3n) is 3.60. The number of halogens is 1. The molecule has 8 heteroatoms. The molecule has 0 saturated heterocycles. The Balaban J connectivity index is 1.56. The fourth-order valence-corrected chi connectivity index (χ4v) is 3.00. The minimum absolute atomic E-state index is 0.0127. The molecule has 27 heavy (non-hydrogen) atoms. The first-order chi connectivity index (χ1) is 12.9. The van der Waals surface area contributed by atoms with Gasteiger partial charge in [0.05, 0.1) is 5.69 Å². The predicted octanol–water partition coefficient (Wildman–Crippen LogP) is 3.76. The van der Waals surface area contributed by atoms with Crippen molar-refractivity contribution in [1.29, 1.82) is 0 Å². The summed E-state index contributed by atoms with van der Waals surface area (Å²) >= 11 is 1.19. The Bertz CT molecular complexity index is 986. The van der Waals surface area contributed by atoms with Gasteiger partial charge in [0.2, 0.25) is 0 Å². The lowest BCUT2D eigenvalue weighted by Gasteiger charge is -2.06. The maximum absolute atomic E-state index is 13.0. The van der Waals surface area contributed by atoms with E-state index >= 15 is 0 Å². The van der Waals surface area contributed by atoms with E-state index in [2.05, 4.69) is 10.3 Å². The molecule has 1 amide bonds. The molecule has 138 valence electrons. The van der Waals surface area contributed by atoms with Crippen molar-refractivity contribution in [2.24, 2.45) is 0 Å². The van der Waals surface area contributed by atoms with Crippen LogP contribution in [-0.2, 0) is 9.53 Å². The number of phenolic OH excluding ortho intramolecular Hbond substituents is 1. The molecule has 0 radical (unpaired) electrons. The average molecular weight is 386 g/mol. The second kappa shape index (κ2) is 7.96. The lowest BCUT2D eigenvalue weighted by molar-refractivity contribution is -0.119. The van der Waals surface area contributed by atoms with Crippen molar-refractivity contribution in [1.82, 2.24) is 4.98 Å². The number of phenols is 1. The highest BCUT2D eigenvalue weighted by atomic mass is 32.1. The number of carbonyl (C=O) groups is 2. The van der Waals surface area contributed by atoms with E-state index in [0.29, 0.717) is 10.8 Å². The maximum Gasteiger partial charge on any atom is 0.342 e. The topological polar surface area (TPSA) is 88.5 Å². The van der Waals surface area contributed by atoms with Gasteiger partial charge in [-0.25, -0.2) is 14.2 Å². The van der Waals surface area contributed by atoms with Crippen LogP contribution >= 0.6 is 11.3 Å². The molecule has 1 heterocycles. The highest BCUT2D eigenvalue weighted by Gasteiger charge is 2.15. The van der Waals surface area contributed by atoms with Crippen molar-refractivity contribution in [3.05, 3.63) is 64.8 Å². The van der Waals surface area contributed by atoms with Gasteiger partial charge in [-0.1, -0.05) is 6.07 Å². The number of hydrogen-bond acceptors (Lipinski definition) is 6. The predicted molar refractivity (Wildman–Crippen MR) is 99.3 cm³/mol. The van der Waals surface area contributed by atoms with Gasteiger partial charge in [-0.3, -0.25) is 10.1 Å². The van der Waals surface area contributed by atoms with Gasteiger partial charge in [0.1, 0.15) is 17.1 Å². The van der Waals surface area contributed by atoms with Crippen LogP contribution in [0.3, 0.4) is 0 Å². The quantitative estimate of drug-likeness (QED) is 0.652. The van der Waals surface area contributed by atoms with Gasteiger partial charge in [0.25, 0.3) is 5.91 Å². The molecule has 0 saturated carbocycles. The number of aryl methyl sites for hydroxylation is 1. The van der Waals surface area contributed by atoms with Crippen LogP contribution in [0.1, 0.15) is 15.9 Å². The van der Waals surface area contributed by atoms with Crippen LogP contribution in [0.25, 0.3) is 11.3 Å². The number of benzene rings is 2. The van der Waals surface area contributed by atoms with E-state index in [4.69, 9.17) is 4.74 Å². The number of thiazole rings is 1. The zero-order chi connectivity index (χ0) is 19.4. The minimum Gasteiger partial charge on any atom is -0.507 e. The van der Waals surface area contributed by atoms with Crippen molar-refractivity contribution in [3.63, 3.8) is 0 Å². The molecule has 0 fully saturated rings. The number of nitrogens with zero attached hydrogens (tertiary/aromatic N) is 1. The van der Waals surface area contributed by atoms with Crippen LogP contribution in [0.5, 0.6) is 5.75 Å². The molecule has 0 atom stereocenters. The van der Waals surface area contributed by atoms with Crippen molar-refractivity contribution in [2.75, 3.05) is 11.9 Å². The summed E-state index contributed by atoms with van der Waals surface area (Å²) in [7, 11) is 0. The third kappa shape index (κ3) is 4.68. The van der Waals surface area contributed by atoms with Gasteiger partial charge < -0.3 is 9.84 Å². The molecule has 3 aromatic rings. The summed E-state index contributed by atoms with van der Waals surface area (Å²) in [5.41, 5.74) is 2.09. The van der Waals surface area contributed by atoms with Gasteiger partial charge in [-0.15, -0.1) is 11.3 Å². The monoisotopic (exact) mass is 386 g/mol. The fourth-order valence-electron chi connectivity index (χ4n) is 2.26. The molecule has 0 aliphatic carbocycles. The van der Waals surface area contributed by atoms with Crippen LogP contribution in [-0.4, -0.2) is 28.6 Å². The standard InChI is InChI=1S/C19H15FN2O4S/c1-11-2-7-14(16(23)8-11)18(25)26-9-17(24)22-19-21-15(10-27-19)12-3-5-13(20)6-4-12/h2-8,10,23H,9H2,1H3,(H,21,22,24). The highest BCUT2D eigenvalue weighted by Crippen LogP contribution is 2.25. The fraction of sp³-hybridized carbons (Fsp3) is 0.105. The Morgan fingerprint density at radius 1 is 1.22 bits per heavy atom. The molecular formula is C19H15FN2O4S. The highest BCUT2D eigenvalue weighted by molar-refractivity contribution is 7.14. The number of aromatic hydroxyl groups is 1. The molecule has 0 aliphatic rings. The second-order valence-electron chi connectivity index (χ2n) is 5.69. The van der Waals surface area contributed by atoms with E-state index in [-0.39, 0.29) is 17.1 Å². The van der Waals surface area contributed by atoms with Gasteiger partial charge in [0.15, 0.2) is 11.7 Å². The molecule has 1 aromatic heterocycles. The molecule has 0 bridgehead atoms. The minimum atomic E-state index is -0.797. The number of nitrogens with one attached hydrogen (secondary N) is 1. The van der Waals surface area contributed by atoms with Crippen LogP contribution in [0.15, 0.2) is 47.8 Å². The van der Waals surface area contributed by atoms with E-state index in [1.165, 1.54) is 35.6 Å². The van der Waals surface area contributed by atoms with Crippen LogP contribution in [0.4, 0.5) is 9.52 Å². The normalized spacial score (nSPS) is 10.4. The molecule has 0 spiro atoms. The summed E-state index contributed by atoms with van der Waals surface area (Å²) < 4.78 is 17.9. The number of ether oxygens (including phenoxy) is 1. The van der Waals surface area contributed by atoms with E-state index in [1.54, 1.807) is 30.5 Å². The number of anilines is 1. The first-order valence-corrected chi connectivity index (χ1v) is 8.78. The zero-order valence-corrected chi connectivity index (χ0v) is 15.0. The number of carbonyl (C=O) groups excluding carboxylic acids is 2. The Labute approximate surface area is 158 Å². The van der Waals surface area contributed by atoms with Gasteiger partial charge in [-0.2, -0.15) is 0 Å². The van der Waals surface area contributed by atoms with Gasteiger partial charge in [0, 0.05) is 10.9 Å². The van der Waals surface area contributed by atoms with E-state index in [9.17, 15) is 19.1 Å². The smallest absolute Gasteiger partial charge is 0.342 e. The van der Waals surface area contributed by atoms with Crippen molar-refractivity contribution < 1.29 is 23.8 Å². The molecular weight excluding hydrogens is 371 g/mol. The van der Waals surface area contributed by atoms with Crippen molar-refractivity contribution in [2.45, 2.75) is 6.92 Å². The van der Waals surface area contributed by atoms with Crippen LogP contribution < -0.4 is 5.32 Å². The summed E-state index contributed by atoms with van der Waals surface area (Å²) in [5, 5.41) is 14.3.